The van der Waals surface area contributed by atoms with Gasteiger partial charge >= 0.3 is 0 Å². The molecule has 0 bridgehead atoms. The first-order chi connectivity index (χ1) is 10.2. The average Bonchev–Trinajstić information content (AvgIpc) is 2.86. The molecule has 0 radical (unpaired) electrons. The van der Waals surface area contributed by atoms with Crippen molar-refractivity contribution in [3.63, 3.8) is 0 Å². The number of aryl methyl sites for hydroxylation is 1. The van der Waals surface area contributed by atoms with E-state index < -0.39 is 0 Å². The molecule has 0 atom stereocenters. The highest BCUT2D eigenvalue weighted by atomic mass is 35.5. The second-order valence-corrected chi connectivity index (χ2v) is 5.68. The summed E-state index contributed by atoms with van der Waals surface area (Å²) in [7, 11) is 0. The Balaban J connectivity index is 0.00000176. The van der Waals surface area contributed by atoms with Gasteiger partial charge in [-0.2, -0.15) is 5.10 Å². The van der Waals surface area contributed by atoms with Crippen LogP contribution in [0.25, 0.3) is 10.9 Å². The fourth-order valence-corrected chi connectivity index (χ4v) is 2.85. The Hall–Kier alpha value is -1.55. The van der Waals surface area contributed by atoms with Gasteiger partial charge in [0.15, 0.2) is 0 Å². The summed E-state index contributed by atoms with van der Waals surface area (Å²) in [5.74, 6) is 0. The molecule has 2 aromatic carbocycles. The summed E-state index contributed by atoms with van der Waals surface area (Å²) in [6.45, 7) is 4.61. The quantitative estimate of drug-likeness (QED) is 0.708. The third-order valence-corrected chi connectivity index (χ3v) is 3.70. The Morgan fingerprint density at radius 1 is 1.18 bits per heavy atom. The van der Waals surface area contributed by atoms with Crippen LogP contribution in [-0.2, 0) is 13.1 Å². The lowest BCUT2D eigenvalue weighted by Crippen LogP contribution is -2.20. The Morgan fingerprint density at radius 3 is 2.82 bits per heavy atom. The van der Waals surface area contributed by atoms with Gasteiger partial charge in [-0.1, -0.05) is 35.9 Å². The van der Waals surface area contributed by atoms with Gasteiger partial charge in [0.25, 0.3) is 0 Å². The van der Waals surface area contributed by atoms with E-state index in [0.717, 1.165) is 24.7 Å². The monoisotopic (exact) mass is 335 g/mol. The molecular weight excluding hydrogens is 317 g/mol. The molecule has 0 aliphatic heterocycles. The Kier molecular flexibility index (Phi) is 5.83. The number of nitrogens with one attached hydrogen (secondary N) is 1. The average molecular weight is 336 g/mol. The number of nitrogens with zero attached hydrogens (tertiary/aromatic N) is 2. The molecule has 0 aliphatic carbocycles. The van der Waals surface area contributed by atoms with Crippen molar-refractivity contribution in [1.82, 2.24) is 15.1 Å². The zero-order valence-electron chi connectivity index (χ0n) is 12.4. The van der Waals surface area contributed by atoms with Crippen LogP contribution in [0.4, 0.5) is 0 Å². The van der Waals surface area contributed by atoms with Crippen molar-refractivity contribution in [3.05, 3.63) is 64.8 Å². The Morgan fingerprint density at radius 2 is 2.00 bits per heavy atom. The van der Waals surface area contributed by atoms with Crippen LogP contribution in [0.1, 0.15) is 11.1 Å². The van der Waals surface area contributed by atoms with E-state index in [4.69, 9.17) is 11.6 Å². The second-order valence-electron chi connectivity index (χ2n) is 5.24. The molecular formula is C17H19Cl2N3. The number of hydrogen-bond acceptors (Lipinski definition) is 2. The third kappa shape index (κ3) is 4.01. The van der Waals surface area contributed by atoms with Gasteiger partial charge < -0.3 is 5.32 Å². The van der Waals surface area contributed by atoms with Crippen LogP contribution in [0.5, 0.6) is 0 Å². The van der Waals surface area contributed by atoms with E-state index in [0.29, 0.717) is 0 Å². The molecule has 1 N–H and O–H groups in total. The summed E-state index contributed by atoms with van der Waals surface area (Å²) >= 11 is 6.07. The van der Waals surface area contributed by atoms with Crippen LogP contribution in [-0.4, -0.2) is 16.3 Å². The summed E-state index contributed by atoms with van der Waals surface area (Å²) in [6, 6.07) is 14.4. The summed E-state index contributed by atoms with van der Waals surface area (Å²) < 4.78 is 2.03. The fourth-order valence-electron chi connectivity index (χ4n) is 2.54. The van der Waals surface area contributed by atoms with E-state index in [1.54, 1.807) is 0 Å². The predicted octanol–water partition coefficient (Wildman–Crippen LogP) is 4.21. The molecule has 5 heteroatoms. The molecule has 3 rings (SSSR count). The standard InChI is InChI=1S/C17H18ClN3.ClH/c1-13-8-14(10-16(18)9-13)11-19-6-7-21-17-5-3-2-4-15(17)12-20-21;/h2-5,8-10,12,19H,6-7,11H2,1H3;1H. The molecule has 116 valence electrons. The summed E-state index contributed by atoms with van der Waals surface area (Å²) in [5.41, 5.74) is 3.58. The van der Waals surface area contributed by atoms with Gasteiger partial charge in [-0.05, 0) is 36.2 Å². The SMILES string of the molecule is Cc1cc(Cl)cc(CNCCn2ncc3ccccc32)c1.Cl. The maximum atomic E-state index is 6.07. The van der Waals surface area contributed by atoms with Crippen LogP contribution in [0.3, 0.4) is 0 Å². The molecule has 1 heterocycles. The Labute approximate surface area is 141 Å². The van der Waals surface area contributed by atoms with Crippen LogP contribution >= 0.6 is 24.0 Å². The van der Waals surface area contributed by atoms with Crippen molar-refractivity contribution in [2.24, 2.45) is 0 Å². The zero-order valence-corrected chi connectivity index (χ0v) is 14.0. The maximum Gasteiger partial charge on any atom is 0.0682 e. The first-order valence-corrected chi connectivity index (χ1v) is 7.47. The molecule has 0 saturated heterocycles. The summed E-state index contributed by atoms with van der Waals surface area (Å²) in [6.07, 6.45) is 1.91. The summed E-state index contributed by atoms with van der Waals surface area (Å²) in [4.78, 5) is 0. The number of fused-ring (bicyclic) bond motifs is 1. The van der Waals surface area contributed by atoms with E-state index in [2.05, 4.69) is 35.5 Å². The molecule has 0 aliphatic rings. The number of hydrogen-bond donors (Lipinski definition) is 1. The highest BCUT2D eigenvalue weighted by Crippen LogP contribution is 2.14. The van der Waals surface area contributed by atoms with Gasteiger partial charge in [-0.25, -0.2) is 0 Å². The molecule has 0 amide bonds. The first kappa shape index (κ1) is 16.8. The number of rotatable bonds is 5. The smallest absolute Gasteiger partial charge is 0.0682 e. The van der Waals surface area contributed by atoms with Crippen molar-refractivity contribution in [2.45, 2.75) is 20.0 Å². The predicted molar refractivity (Wildman–Crippen MR) is 94.9 cm³/mol. The van der Waals surface area contributed by atoms with E-state index in [-0.39, 0.29) is 12.4 Å². The largest absolute Gasteiger partial charge is 0.311 e. The van der Waals surface area contributed by atoms with Gasteiger partial charge in [0.05, 0.1) is 18.3 Å². The lowest BCUT2D eigenvalue weighted by Gasteiger charge is -2.07. The maximum absolute atomic E-state index is 6.07. The molecule has 0 saturated carbocycles. The minimum atomic E-state index is 0. The van der Waals surface area contributed by atoms with Gasteiger partial charge in [0.1, 0.15) is 0 Å². The van der Waals surface area contributed by atoms with Crippen molar-refractivity contribution >= 4 is 34.9 Å². The van der Waals surface area contributed by atoms with Crippen LogP contribution in [0.2, 0.25) is 5.02 Å². The van der Waals surface area contributed by atoms with Crippen molar-refractivity contribution in [3.8, 4) is 0 Å². The number of benzene rings is 2. The molecule has 3 nitrogen and oxygen atoms in total. The lowest BCUT2D eigenvalue weighted by molar-refractivity contribution is 0.567. The van der Waals surface area contributed by atoms with Crippen LogP contribution < -0.4 is 5.32 Å². The van der Waals surface area contributed by atoms with Crippen LogP contribution in [0, 0.1) is 6.92 Å². The molecule has 0 fully saturated rings. The highest BCUT2D eigenvalue weighted by molar-refractivity contribution is 6.30. The fraction of sp³-hybridized carbons (Fsp3) is 0.235. The van der Waals surface area contributed by atoms with Gasteiger partial charge in [0.2, 0.25) is 0 Å². The topological polar surface area (TPSA) is 29.9 Å². The Bertz CT molecular complexity index is 732. The minimum Gasteiger partial charge on any atom is -0.311 e. The molecule has 3 aromatic rings. The normalized spacial score (nSPS) is 10.6. The van der Waals surface area contributed by atoms with E-state index in [9.17, 15) is 0 Å². The van der Waals surface area contributed by atoms with Crippen molar-refractivity contribution in [1.29, 1.82) is 0 Å². The lowest BCUT2D eigenvalue weighted by atomic mass is 10.1. The first-order valence-electron chi connectivity index (χ1n) is 7.10. The van der Waals surface area contributed by atoms with E-state index in [1.165, 1.54) is 22.0 Å². The number of halogens is 2. The van der Waals surface area contributed by atoms with Gasteiger partial charge in [-0.15, -0.1) is 12.4 Å². The second kappa shape index (κ2) is 7.63. The molecule has 0 spiro atoms. The zero-order chi connectivity index (χ0) is 14.7. The minimum absolute atomic E-state index is 0. The van der Waals surface area contributed by atoms with Crippen molar-refractivity contribution < 1.29 is 0 Å². The van der Waals surface area contributed by atoms with Crippen molar-refractivity contribution in [2.75, 3.05) is 6.54 Å². The molecule has 0 unspecified atom stereocenters. The highest BCUT2D eigenvalue weighted by Gasteiger charge is 2.01. The summed E-state index contributed by atoms with van der Waals surface area (Å²) in [5, 5.41) is 9.84. The number of aromatic nitrogens is 2. The van der Waals surface area contributed by atoms with E-state index in [1.807, 2.05) is 35.1 Å². The molecule has 1 aromatic heterocycles. The van der Waals surface area contributed by atoms with Crippen LogP contribution in [0.15, 0.2) is 48.7 Å². The third-order valence-electron chi connectivity index (χ3n) is 3.48. The van der Waals surface area contributed by atoms with Gasteiger partial charge in [0, 0.05) is 23.5 Å². The van der Waals surface area contributed by atoms with E-state index >= 15 is 0 Å². The number of para-hydroxylation sites is 1. The van der Waals surface area contributed by atoms with Gasteiger partial charge in [-0.3, -0.25) is 4.68 Å². The molecule has 22 heavy (non-hydrogen) atoms.